The van der Waals surface area contributed by atoms with Crippen molar-refractivity contribution in [2.24, 2.45) is 0 Å². The Morgan fingerprint density at radius 3 is 2.29 bits per heavy atom. The number of benzene rings is 2. The molecule has 28 heavy (non-hydrogen) atoms. The molecule has 9 heteroatoms. The van der Waals surface area contributed by atoms with E-state index in [0.717, 1.165) is 15.7 Å². The normalized spacial score (nSPS) is 10.4. The van der Waals surface area contributed by atoms with Crippen molar-refractivity contribution in [1.29, 1.82) is 0 Å². The Kier molecular flexibility index (Phi) is 6.62. The summed E-state index contributed by atoms with van der Waals surface area (Å²) < 4.78 is 10.2. The molecule has 0 saturated heterocycles. The van der Waals surface area contributed by atoms with E-state index in [0.29, 0.717) is 17.2 Å². The lowest BCUT2D eigenvalue weighted by Crippen LogP contribution is -2.14. The second kappa shape index (κ2) is 9.34. The van der Waals surface area contributed by atoms with E-state index in [2.05, 4.69) is 20.0 Å². The largest absolute Gasteiger partial charge is 0.497 e. The first kappa shape index (κ1) is 19.8. The van der Waals surface area contributed by atoms with Crippen molar-refractivity contribution < 1.29 is 14.3 Å². The van der Waals surface area contributed by atoms with Crippen LogP contribution in [0.2, 0.25) is 0 Å². The van der Waals surface area contributed by atoms with Gasteiger partial charge in [0.15, 0.2) is 10.2 Å². The molecule has 0 aliphatic rings. The number of hydrogen-bond acceptors (Lipinski definition) is 7. The van der Waals surface area contributed by atoms with E-state index in [1.54, 1.807) is 31.4 Å². The number of nitrogens with one attached hydrogen (secondary N) is 2. The molecule has 0 aliphatic carbocycles. The lowest BCUT2D eigenvalue weighted by Gasteiger charge is -2.06. The van der Waals surface area contributed by atoms with E-state index in [4.69, 9.17) is 4.74 Å². The SMILES string of the molecule is COc1ccc(-c2nsc(SCC(=O)Nc3ccc(NC(C)=O)cc3)n2)cc1. The Morgan fingerprint density at radius 2 is 1.68 bits per heavy atom. The molecule has 0 fully saturated rings. The molecule has 1 aromatic heterocycles. The third-order valence-electron chi connectivity index (χ3n) is 3.57. The molecule has 0 atom stereocenters. The zero-order valence-electron chi connectivity index (χ0n) is 15.3. The van der Waals surface area contributed by atoms with Gasteiger partial charge in [0.1, 0.15) is 5.75 Å². The zero-order valence-corrected chi connectivity index (χ0v) is 16.9. The molecule has 0 aliphatic heterocycles. The van der Waals surface area contributed by atoms with Gasteiger partial charge < -0.3 is 15.4 Å². The lowest BCUT2D eigenvalue weighted by atomic mass is 10.2. The third kappa shape index (κ3) is 5.54. The number of hydrogen-bond donors (Lipinski definition) is 2. The van der Waals surface area contributed by atoms with Crippen molar-refractivity contribution >= 4 is 46.5 Å². The van der Waals surface area contributed by atoms with Gasteiger partial charge in [0.2, 0.25) is 11.8 Å². The molecule has 0 spiro atoms. The maximum absolute atomic E-state index is 12.1. The monoisotopic (exact) mass is 414 g/mol. The van der Waals surface area contributed by atoms with Gasteiger partial charge in [-0.25, -0.2) is 4.98 Å². The Hall–Kier alpha value is -2.91. The number of carbonyl (C=O) groups excluding carboxylic acids is 2. The number of nitrogens with zero attached hydrogens (tertiary/aromatic N) is 2. The molecule has 144 valence electrons. The number of aromatic nitrogens is 2. The molecule has 0 bridgehead atoms. The molecule has 2 N–H and O–H groups in total. The summed E-state index contributed by atoms with van der Waals surface area (Å²) in [5.41, 5.74) is 2.24. The molecule has 0 saturated carbocycles. The highest BCUT2D eigenvalue weighted by atomic mass is 32.2. The molecule has 7 nitrogen and oxygen atoms in total. The van der Waals surface area contributed by atoms with Crippen LogP contribution in [0.5, 0.6) is 5.75 Å². The van der Waals surface area contributed by atoms with Crippen LogP contribution in [0.15, 0.2) is 52.9 Å². The molecule has 1 heterocycles. The van der Waals surface area contributed by atoms with Gasteiger partial charge in [0.05, 0.1) is 12.9 Å². The molecule has 2 aromatic carbocycles. The fourth-order valence-corrected chi connectivity index (χ4v) is 3.71. The maximum atomic E-state index is 12.1. The third-order valence-corrected chi connectivity index (χ3v) is 5.40. The Balaban J connectivity index is 1.52. The maximum Gasteiger partial charge on any atom is 0.234 e. The Bertz CT molecular complexity index is 956. The van der Waals surface area contributed by atoms with Crippen LogP contribution in [0.25, 0.3) is 11.4 Å². The lowest BCUT2D eigenvalue weighted by molar-refractivity contribution is -0.114. The molecule has 0 unspecified atom stereocenters. The van der Waals surface area contributed by atoms with Gasteiger partial charge in [-0.3, -0.25) is 9.59 Å². The van der Waals surface area contributed by atoms with Crippen molar-refractivity contribution in [1.82, 2.24) is 9.36 Å². The highest BCUT2D eigenvalue weighted by Gasteiger charge is 2.10. The van der Waals surface area contributed by atoms with Gasteiger partial charge in [0, 0.05) is 23.9 Å². The van der Waals surface area contributed by atoms with E-state index >= 15 is 0 Å². The van der Waals surface area contributed by atoms with Crippen LogP contribution < -0.4 is 15.4 Å². The van der Waals surface area contributed by atoms with Crippen LogP contribution in [0.4, 0.5) is 11.4 Å². The second-order valence-corrected chi connectivity index (χ2v) is 7.68. The zero-order chi connectivity index (χ0) is 19.9. The predicted octanol–water partition coefficient (Wildman–Crippen LogP) is 3.90. The summed E-state index contributed by atoms with van der Waals surface area (Å²) in [5.74, 6) is 1.35. The smallest absolute Gasteiger partial charge is 0.234 e. The summed E-state index contributed by atoms with van der Waals surface area (Å²) in [7, 11) is 1.62. The van der Waals surface area contributed by atoms with Crippen molar-refractivity contribution in [2.45, 2.75) is 11.3 Å². The highest BCUT2D eigenvalue weighted by Crippen LogP contribution is 2.26. The minimum atomic E-state index is -0.140. The molecule has 2 amide bonds. The number of rotatable bonds is 7. The van der Waals surface area contributed by atoms with E-state index < -0.39 is 0 Å². The minimum absolute atomic E-state index is 0.140. The van der Waals surface area contributed by atoms with E-state index in [1.165, 1.54) is 30.2 Å². The average molecular weight is 415 g/mol. The van der Waals surface area contributed by atoms with Crippen LogP contribution in [0.1, 0.15) is 6.92 Å². The van der Waals surface area contributed by atoms with Crippen molar-refractivity contribution in [2.75, 3.05) is 23.5 Å². The Morgan fingerprint density at radius 1 is 1.04 bits per heavy atom. The van der Waals surface area contributed by atoms with Crippen LogP contribution in [-0.4, -0.2) is 34.0 Å². The Labute approximate surface area is 170 Å². The second-order valence-electron chi connectivity index (χ2n) is 5.71. The van der Waals surface area contributed by atoms with Gasteiger partial charge >= 0.3 is 0 Å². The topological polar surface area (TPSA) is 93.2 Å². The van der Waals surface area contributed by atoms with Gasteiger partial charge in [-0.1, -0.05) is 11.8 Å². The van der Waals surface area contributed by atoms with Gasteiger partial charge in [-0.2, -0.15) is 4.37 Å². The first-order valence-corrected chi connectivity index (χ1v) is 10.1. The van der Waals surface area contributed by atoms with Gasteiger partial charge in [0.25, 0.3) is 0 Å². The van der Waals surface area contributed by atoms with Crippen molar-refractivity contribution in [3.63, 3.8) is 0 Å². The van der Waals surface area contributed by atoms with Crippen molar-refractivity contribution in [3.8, 4) is 17.1 Å². The van der Waals surface area contributed by atoms with Crippen LogP contribution in [0.3, 0.4) is 0 Å². The predicted molar refractivity (Wildman–Crippen MR) is 112 cm³/mol. The molecule has 0 radical (unpaired) electrons. The first-order chi connectivity index (χ1) is 13.5. The summed E-state index contributed by atoms with van der Waals surface area (Å²) >= 11 is 2.59. The fraction of sp³-hybridized carbons (Fsp3) is 0.158. The molecule has 3 rings (SSSR count). The minimum Gasteiger partial charge on any atom is -0.497 e. The summed E-state index contributed by atoms with van der Waals surface area (Å²) in [6.07, 6.45) is 0. The number of anilines is 2. The molecular formula is C19H18N4O3S2. The van der Waals surface area contributed by atoms with E-state index in [-0.39, 0.29) is 17.6 Å². The van der Waals surface area contributed by atoms with Gasteiger partial charge in [-0.15, -0.1) is 0 Å². The van der Waals surface area contributed by atoms with E-state index in [1.807, 2.05) is 24.3 Å². The first-order valence-electron chi connectivity index (χ1n) is 8.32. The van der Waals surface area contributed by atoms with Crippen LogP contribution >= 0.6 is 23.3 Å². The number of thioether (sulfide) groups is 1. The van der Waals surface area contributed by atoms with Gasteiger partial charge in [-0.05, 0) is 60.1 Å². The average Bonchev–Trinajstić information content (AvgIpc) is 3.17. The van der Waals surface area contributed by atoms with Crippen molar-refractivity contribution in [3.05, 3.63) is 48.5 Å². The van der Waals surface area contributed by atoms with Crippen LogP contribution in [0, 0.1) is 0 Å². The highest BCUT2D eigenvalue weighted by molar-refractivity contribution is 8.01. The fourth-order valence-electron chi connectivity index (χ4n) is 2.29. The number of carbonyl (C=O) groups is 2. The number of ether oxygens (including phenoxy) is 1. The standard InChI is InChI=1S/C19H18N4O3S2/c1-12(24)20-14-5-7-15(8-6-14)21-17(25)11-27-19-22-18(23-28-19)13-3-9-16(26-2)10-4-13/h3-10H,11H2,1-2H3,(H,20,24)(H,21,25). The summed E-state index contributed by atoms with van der Waals surface area (Å²) in [5, 5.41) is 5.49. The quantitative estimate of drug-likeness (QED) is 0.570. The molecular weight excluding hydrogens is 396 g/mol. The number of amides is 2. The van der Waals surface area contributed by atoms with E-state index in [9.17, 15) is 9.59 Å². The summed E-state index contributed by atoms with van der Waals surface area (Å²) in [6.45, 7) is 1.44. The van der Waals surface area contributed by atoms with Crippen LogP contribution in [-0.2, 0) is 9.59 Å². The molecule has 3 aromatic rings. The summed E-state index contributed by atoms with van der Waals surface area (Å²) in [4.78, 5) is 27.6. The summed E-state index contributed by atoms with van der Waals surface area (Å²) in [6, 6.07) is 14.4. The number of methoxy groups -OCH3 is 1.